The lowest BCUT2D eigenvalue weighted by molar-refractivity contribution is 0.108. The molecule has 0 fully saturated rings. The van der Waals surface area contributed by atoms with Crippen LogP contribution in [0.25, 0.3) is 11.4 Å². The molecule has 0 bridgehead atoms. The van der Waals surface area contributed by atoms with Gasteiger partial charge in [0.2, 0.25) is 0 Å². The van der Waals surface area contributed by atoms with Crippen LogP contribution in [-0.4, -0.2) is 23.7 Å². The lowest BCUT2D eigenvalue weighted by Crippen LogP contribution is -2.24. The van der Waals surface area contributed by atoms with Crippen molar-refractivity contribution in [3.63, 3.8) is 0 Å². The summed E-state index contributed by atoms with van der Waals surface area (Å²) in [5.41, 5.74) is 3.27. The zero-order chi connectivity index (χ0) is 13.9. The first-order valence-corrected chi connectivity index (χ1v) is 6.56. The van der Waals surface area contributed by atoms with Crippen LogP contribution in [0.3, 0.4) is 0 Å². The van der Waals surface area contributed by atoms with Gasteiger partial charge in [-0.25, -0.2) is 4.98 Å². The van der Waals surface area contributed by atoms with Crippen molar-refractivity contribution in [3.8, 4) is 11.4 Å². The fourth-order valence-corrected chi connectivity index (χ4v) is 2.40. The largest absolute Gasteiger partial charge is 0.380 e. The number of nitrogens with zero attached hydrogens (tertiary/aromatic N) is 1. The van der Waals surface area contributed by atoms with Gasteiger partial charge in [0.05, 0.1) is 31.1 Å². The predicted molar refractivity (Wildman–Crippen MR) is 74.4 cm³/mol. The number of methoxy groups -OCH3 is 1. The lowest BCUT2D eigenvalue weighted by atomic mass is 10.1. The second-order valence-electron chi connectivity index (χ2n) is 4.73. The Morgan fingerprint density at radius 2 is 2.25 bits per heavy atom. The Morgan fingerprint density at radius 1 is 1.40 bits per heavy atom. The number of H-pyrrole nitrogens is 1. The molecular formula is C15H16N2O3. The van der Waals surface area contributed by atoms with Gasteiger partial charge in [-0.3, -0.25) is 4.79 Å². The summed E-state index contributed by atoms with van der Waals surface area (Å²) in [4.78, 5) is 19.6. The normalized spacial score (nSPS) is 14.1. The van der Waals surface area contributed by atoms with Crippen LogP contribution in [0.5, 0.6) is 0 Å². The van der Waals surface area contributed by atoms with Gasteiger partial charge in [0.1, 0.15) is 5.82 Å². The average Bonchev–Trinajstić information content (AvgIpc) is 2.48. The molecule has 104 valence electrons. The van der Waals surface area contributed by atoms with E-state index in [0.29, 0.717) is 37.6 Å². The summed E-state index contributed by atoms with van der Waals surface area (Å²) < 4.78 is 10.5. The fraction of sp³-hybridized carbons (Fsp3) is 0.333. The number of hydrogen-bond acceptors (Lipinski definition) is 4. The van der Waals surface area contributed by atoms with E-state index in [-0.39, 0.29) is 5.56 Å². The number of benzene rings is 1. The zero-order valence-electron chi connectivity index (χ0n) is 11.3. The van der Waals surface area contributed by atoms with E-state index < -0.39 is 0 Å². The van der Waals surface area contributed by atoms with Gasteiger partial charge in [0.15, 0.2) is 0 Å². The van der Waals surface area contributed by atoms with E-state index in [4.69, 9.17) is 9.47 Å². The highest BCUT2D eigenvalue weighted by Crippen LogP contribution is 2.21. The molecule has 2 heterocycles. The standard InChI is InChI=1S/C15H16N2O3/c1-19-8-10-4-2-3-5-11(10)14-16-13-6-7-20-9-12(13)15(18)17-14/h2-5H,6-9H2,1H3,(H,16,17,18). The van der Waals surface area contributed by atoms with E-state index in [9.17, 15) is 4.79 Å². The Hall–Kier alpha value is -1.98. The SMILES string of the molecule is COCc1ccccc1-c1nc2c(c(=O)[nH]1)COCC2. The van der Waals surface area contributed by atoms with Crippen LogP contribution in [0.15, 0.2) is 29.1 Å². The summed E-state index contributed by atoms with van der Waals surface area (Å²) in [6.07, 6.45) is 0.679. The van der Waals surface area contributed by atoms with Gasteiger partial charge in [-0.1, -0.05) is 24.3 Å². The van der Waals surface area contributed by atoms with Crippen molar-refractivity contribution in [3.05, 3.63) is 51.4 Å². The number of rotatable bonds is 3. The molecule has 5 nitrogen and oxygen atoms in total. The molecule has 1 N–H and O–H groups in total. The van der Waals surface area contributed by atoms with Crippen LogP contribution in [0.1, 0.15) is 16.8 Å². The molecule has 0 unspecified atom stereocenters. The first-order chi connectivity index (χ1) is 9.79. The third-order valence-electron chi connectivity index (χ3n) is 3.40. The number of hydrogen-bond donors (Lipinski definition) is 1. The molecule has 5 heteroatoms. The fourth-order valence-electron chi connectivity index (χ4n) is 2.40. The van der Waals surface area contributed by atoms with Crippen LogP contribution in [0.2, 0.25) is 0 Å². The summed E-state index contributed by atoms with van der Waals surface area (Å²) in [7, 11) is 1.65. The van der Waals surface area contributed by atoms with E-state index in [0.717, 1.165) is 16.8 Å². The van der Waals surface area contributed by atoms with Crippen LogP contribution >= 0.6 is 0 Å². The minimum Gasteiger partial charge on any atom is -0.380 e. The molecule has 0 saturated heterocycles. The van der Waals surface area contributed by atoms with Crippen molar-refractivity contribution in [1.82, 2.24) is 9.97 Å². The van der Waals surface area contributed by atoms with Crippen molar-refractivity contribution < 1.29 is 9.47 Å². The maximum absolute atomic E-state index is 12.1. The Labute approximate surface area is 116 Å². The minimum atomic E-state index is -0.114. The van der Waals surface area contributed by atoms with E-state index in [2.05, 4.69) is 9.97 Å². The Kier molecular flexibility index (Phi) is 3.62. The second-order valence-corrected chi connectivity index (χ2v) is 4.73. The van der Waals surface area contributed by atoms with Gasteiger partial charge < -0.3 is 14.5 Å². The number of aromatic nitrogens is 2. The molecule has 1 aliphatic rings. The highest BCUT2D eigenvalue weighted by Gasteiger charge is 2.17. The van der Waals surface area contributed by atoms with Crippen molar-refractivity contribution in [2.45, 2.75) is 19.6 Å². The van der Waals surface area contributed by atoms with E-state index in [1.54, 1.807) is 7.11 Å². The minimum absolute atomic E-state index is 0.114. The van der Waals surface area contributed by atoms with Gasteiger partial charge in [0, 0.05) is 19.1 Å². The molecule has 1 aromatic heterocycles. The number of nitrogens with one attached hydrogen (secondary N) is 1. The summed E-state index contributed by atoms with van der Waals surface area (Å²) in [5, 5.41) is 0. The molecule has 20 heavy (non-hydrogen) atoms. The summed E-state index contributed by atoms with van der Waals surface area (Å²) in [5.74, 6) is 0.600. The van der Waals surface area contributed by atoms with Crippen LogP contribution < -0.4 is 5.56 Å². The average molecular weight is 272 g/mol. The van der Waals surface area contributed by atoms with E-state index in [1.807, 2.05) is 24.3 Å². The number of aromatic amines is 1. The van der Waals surface area contributed by atoms with Crippen LogP contribution in [0.4, 0.5) is 0 Å². The molecule has 1 aliphatic heterocycles. The third kappa shape index (κ3) is 2.37. The smallest absolute Gasteiger partial charge is 0.256 e. The van der Waals surface area contributed by atoms with E-state index in [1.165, 1.54) is 0 Å². The van der Waals surface area contributed by atoms with Crippen molar-refractivity contribution in [1.29, 1.82) is 0 Å². The highest BCUT2D eigenvalue weighted by atomic mass is 16.5. The molecule has 3 rings (SSSR count). The molecule has 0 spiro atoms. The van der Waals surface area contributed by atoms with Crippen LogP contribution in [0, 0.1) is 0 Å². The quantitative estimate of drug-likeness (QED) is 0.923. The van der Waals surface area contributed by atoms with Gasteiger partial charge in [-0.2, -0.15) is 0 Å². The molecule has 0 atom stereocenters. The van der Waals surface area contributed by atoms with Crippen LogP contribution in [-0.2, 0) is 29.1 Å². The Balaban J connectivity index is 2.11. The molecule has 0 radical (unpaired) electrons. The highest BCUT2D eigenvalue weighted by molar-refractivity contribution is 5.60. The molecule has 0 amide bonds. The number of fused-ring (bicyclic) bond motifs is 1. The lowest BCUT2D eigenvalue weighted by Gasteiger charge is -2.16. The molecule has 0 aliphatic carbocycles. The van der Waals surface area contributed by atoms with Gasteiger partial charge in [-0.15, -0.1) is 0 Å². The summed E-state index contributed by atoms with van der Waals surface area (Å²) >= 11 is 0. The third-order valence-corrected chi connectivity index (χ3v) is 3.40. The van der Waals surface area contributed by atoms with Crippen molar-refractivity contribution >= 4 is 0 Å². The topological polar surface area (TPSA) is 64.2 Å². The molecule has 1 aromatic carbocycles. The first kappa shape index (κ1) is 13.0. The summed E-state index contributed by atoms with van der Waals surface area (Å²) in [6.45, 7) is 1.44. The summed E-state index contributed by atoms with van der Waals surface area (Å²) in [6, 6.07) is 7.79. The Morgan fingerprint density at radius 3 is 3.10 bits per heavy atom. The van der Waals surface area contributed by atoms with Crippen molar-refractivity contribution in [2.75, 3.05) is 13.7 Å². The van der Waals surface area contributed by atoms with Gasteiger partial charge >= 0.3 is 0 Å². The molecular weight excluding hydrogens is 256 g/mol. The maximum Gasteiger partial charge on any atom is 0.256 e. The zero-order valence-corrected chi connectivity index (χ0v) is 11.3. The number of ether oxygens (including phenoxy) is 2. The molecule has 2 aromatic rings. The Bertz CT molecular complexity index is 679. The maximum atomic E-state index is 12.1. The van der Waals surface area contributed by atoms with Gasteiger partial charge in [0.25, 0.3) is 5.56 Å². The molecule has 0 saturated carbocycles. The second kappa shape index (κ2) is 5.56. The first-order valence-electron chi connectivity index (χ1n) is 6.56. The van der Waals surface area contributed by atoms with Crippen molar-refractivity contribution in [2.24, 2.45) is 0 Å². The predicted octanol–water partition coefficient (Wildman–Crippen LogP) is 1.66. The monoisotopic (exact) mass is 272 g/mol. The van der Waals surface area contributed by atoms with E-state index >= 15 is 0 Å². The van der Waals surface area contributed by atoms with Gasteiger partial charge in [-0.05, 0) is 5.56 Å².